The van der Waals surface area contributed by atoms with Crippen molar-refractivity contribution in [3.63, 3.8) is 0 Å². The number of hydrogen-bond acceptors (Lipinski definition) is 4. The minimum absolute atomic E-state index is 0.141. The Morgan fingerprint density at radius 3 is 2.49 bits per heavy atom. The van der Waals surface area contributed by atoms with Gasteiger partial charge in [0.15, 0.2) is 6.10 Å². The third-order valence-corrected chi connectivity index (χ3v) is 7.66. The minimum Gasteiger partial charge on any atom is -0.456 e. The first kappa shape index (κ1) is 21.9. The molecule has 2 unspecified atom stereocenters. The quantitative estimate of drug-likeness (QED) is 0.247. The molecular weight excluding hydrogens is 480 g/mol. The molecule has 4 heteroatoms. The number of rotatable bonds is 3. The lowest BCUT2D eigenvalue weighted by Gasteiger charge is -2.29. The zero-order chi connectivity index (χ0) is 25.8. The van der Waals surface area contributed by atoms with Gasteiger partial charge in [-0.1, -0.05) is 97.1 Å². The van der Waals surface area contributed by atoms with Gasteiger partial charge in [-0.3, -0.25) is 4.90 Å². The molecule has 0 bridgehead atoms. The van der Waals surface area contributed by atoms with Gasteiger partial charge >= 0.3 is 6.02 Å². The topological polar surface area (TPSA) is 38.0 Å². The van der Waals surface area contributed by atoms with Gasteiger partial charge < -0.3 is 9.15 Å². The Bertz CT molecular complexity index is 1910. The fourth-order valence-electron chi connectivity index (χ4n) is 5.80. The van der Waals surface area contributed by atoms with Gasteiger partial charge in [0, 0.05) is 22.3 Å². The lowest BCUT2D eigenvalue weighted by molar-refractivity contribution is 0.208. The van der Waals surface area contributed by atoms with E-state index in [1.165, 1.54) is 5.57 Å². The maximum Gasteiger partial charge on any atom is 0.302 e. The molecule has 1 aromatic heterocycles. The first-order chi connectivity index (χ1) is 19.3. The van der Waals surface area contributed by atoms with Crippen molar-refractivity contribution in [2.75, 3.05) is 4.90 Å². The van der Waals surface area contributed by atoms with Crippen LogP contribution in [0.3, 0.4) is 0 Å². The number of furan rings is 1. The van der Waals surface area contributed by atoms with Crippen molar-refractivity contribution in [2.45, 2.75) is 6.10 Å². The van der Waals surface area contributed by atoms with Gasteiger partial charge in [-0.15, -0.1) is 0 Å². The number of allylic oxidation sites excluding steroid dienone is 5. The summed E-state index contributed by atoms with van der Waals surface area (Å²) in [5.41, 5.74) is 8.11. The molecule has 0 N–H and O–H groups in total. The minimum atomic E-state index is -0.161. The summed E-state index contributed by atoms with van der Waals surface area (Å²) in [4.78, 5) is 7.22. The summed E-state index contributed by atoms with van der Waals surface area (Å²) in [6, 6.07) is 33.9. The molecule has 4 nitrogen and oxygen atoms in total. The smallest absolute Gasteiger partial charge is 0.302 e. The number of hydrogen-bond donors (Lipinski definition) is 0. The highest BCUT2D eigenvalue weighted by Crippen LogP contribution is 2.42. The van der Waals surface area contributed by atoms with Crippen molar-refractivity contribution in [3.05, 3.63) is 145 Å². The van der Waals surface area contributed by atoms with Gasteiger partial charge in [-0.05, 0) is 47.5 Å². The molecule has 3 aliphatic rings. The number of nitrogens with zero attached hydrogens (tertiary/aromatic N) is 2. The van der Waals surface area contributed by atoms with Crippen LogP contribution in [0.15, 0.2) is 154 Å². The van der Waals surface area contributed by atoms with E-state index >= 15 is 0 Å². The molecule has 2 heterocycles. The molecule has 4 aromatic carbocycles. The third kappa shape index (κ3) is 3.57. The Morgan fingerprint density at radius 1 is 0.718 bits per heavy atom. The molecule has 1 aliphatic heterocycles. The molecule has 0 saturated heterocycles. The molecule has 8 rings (SSSR count). The van der Waals surface area contributed by atoms with Crippen LogP contribution in [-0.2, 0) is 4.74 Å². The van der Waals surface area contributed by atoms with Gasteiger partial charge in [-0.25, -0.2) is 0 Å². The maximum absolute atomic E-state index is 6.74. The van der Waals surface area contributed by atoms with Crippen LogP contribution in [0.4, 0.5) is 11.4 Å². The summed E-state index contributed by atoms with van der Waals surface area (Å²) >= 11 is 0. The van der Waals surface area contributed by atoms with Crippen LogP contribution in [0.1, 0.15) is 0 Å². The fourth-order valence-corrected chi connectivity index (χ4v) is 5.80. The zero-order valence-corrected chi connectivity index (χ0v) is 21.1. The molecule has 2 aliphatic carbocycles. The van der Waals surface area contributed by atoms with E-state index in [-0.39, 0.29) is 12.0 Å². The summed E-state index contributed by atoms with van der Waals surface area (Å²) in [5, 5.41) is 2.15. The van der Waals surface area contributed by atoms with Crippen molar-refractivity contribution >= 4 is 39.3 Å². The lowest BCUT2D eigenvalue weighted by Crippen LogP contribution is -2.32. The normalized spacial score (nSPS) is 19.2. The Kier molecular flexibility index (Phi) is 4.92. The third-order valence-electron chi connectivity index (χ3n) is 7.66. The molecule has 0 radical (unpaired) electrons. The van der Waals surface area contributed by atoms with Crippen LogP contribution in [-0.4, -0.2) is 12.1 Å². The molecular formula is C35H24N2O2. The number of amidine groups is 1. The number of aliphatic imine (C=N–C) groups is 1. The van der Waals surface area contributed by atoms with Gasteiger partial charge in [0.05, 0.1) is 17.1 Å². The molecule has 186 valence electrons. The number of fused-ring (bicyclic) bond motifs is 6. The Labute approximate surface area is 226 Å². The molecule has 0 amide bonds. The molecule has 5 aromatic rings. The summed E-state index contributed by atoms with van der Waals surface area (Å²) < 4.78 is 12.9. The largest absolute Gasteiger partial charge is 0.456 e. The van der Waals surface area contributed by atoms with Gasteiger partial charge in [0.25, 0.3) is 0 Å². The summed E-state index contributed by atoms with van der Waals surface area (Å²) in [6.07, 6.45) is 12.6. The van der Waals surface area contributed by atoms with E-state index in [0.29, 0.717) is 6.02 Å². The maximum atomic E-state index is 6.74. The van der Waals surface area contributed by atoms with E-state index in [2.05, 4.69) is 108 Å². The zero-order valence-electron chi connectivity index (χ0n) is 21.1. The highest BCUT2D eigenvalue weighted by Gasteiger charge is 2.38. The van der Waals surface area contributed by atoms with E-state index in [0.717, 1.165) is 50.1 Å². The van der Waals surface area contributed by atoms with Crippen molar-refractivity contribution in [1.82, 2.24) is 0 Å². The molecule has 0 saturated carbocycles. The summed E-state index contributed by atoms with van der Waals surface area (Å²) in [7, 11) is 0. The number of anilines is 2. The average Bonchev–Trinajstić information content (AvgIpc) is 3.60. The average molecular weight is 505 g/mol. The second kappa shape index (κ2) is 8.74. The van der Waals surface area contributed by atoms with Gasteiger partial charge in [0.2, 0.25) is 0 Å². The van der Waals surface area contributed by atoms with E-state index in [4.69, 9.17) is 14.1 Å². The Hall–Kier alpha value is -5.09. The predicted octanol–water partition coefficient (Wildman–Crippen LogP) is 8.71. The Balaban J connectivity index is 1.32. The number of benzene rings is 4. The van der Waals surface area contributed by atoms with Crippen LogP contribution in [0.25, 0.3) is 33.1 Å². The second-order valence-corrected chi connectivity index (χ2v) is 9.96. The van der Waals surface area contributed by atoms with Crippen LogP contribution >= 0.6 is 0 Å². The fraction of sp³-hybridized carbons (Fsp3) is 0.0571. The summed E-state index contributed by atoms with van der Waals surface area (Å²) in [5.74, 6) is 0.141. The molecule has 39 heavy (non-hydrogen) atoms. The number of para-hydroxylation sites is 2. The second-order valence-electron chi connectivity index (χ2n) is 9.96. The predicted molar refractivity (Wildman–Crippen MR) is 158 cm³/mol. The SMILES string of the molecule is C1=CC2=CC=C3N=C(N(c4ccc5oc6ccccc6c5c4)c4ccccc4-c4ccccc4)OC3C2C=C1. The van der Waals surface area contributed by atoms with Gasteiger partial charge in [0.1, 0.15) is 11.2 Å². The first-order valence-electron chi connectivity index (χ1n) is 13.2. The first-order valence-corrected chi connectivity index (χ1v) is 13.2. The van der Waals surface area contributed by atoms with Crippen LogP contribution in [0.2, 0.25) is 0 Å². The lowest BCUT2D eigenvalue weighted by atomic mass is 9.85. The monoisotopic (exact) mass is 504 g/mol. The van der Waals surface area contributed by atoms with Crippen molar-refractivity contribution < 1.29 is 9.15 Å². The molecule has 0 fully saturated rings. The van der Waals surface area contributed by atoms with Crippen LogP contribution < -0.4 is 4.90 Å². The molecule has 2 atom stereocenters. The van der Waals surface area contributed by atoms with E-state index in [1.807, 2.05) is 30.3 Å². The van der Waals surface area contributed by atoms with Crippen LogP contribution in [0, 0.1) is 5.92 Å². The molecule has 0 spiro atoms. The van der Waals surface area contributed by atoms with Crippen molar-refractivity contribution in [3.8, 4) is 11.1 Å². The highest BCUT2D eigenvalue weighted by atomic mass is 16.5. The van der Waals surface area contributed by atoms with E-state index in [1.54, 1.807) is 0 Å². The van der Waals surface area contributed by atoms with E-state index in [9.17, 15) is 0 Å². The Morgan fingerprint density at radius 2 is 1.54 bits per heavy atom. The summed E-state index contributed by atoms with van der Waals surface area (Å²) in [6.45, 7) is 0. The number of ether oxygens (including phenoxy) is 1. The van der Waals surface area contributed by atoms with Crippen molar-refractivity contribution in [1.29, 1.82) is 0 Å². The van der Waals surface area contributed by atoms with E-state index < -0.39 is 0 Å². The van der Waals surface area contributed by atoms with Crippen LogP contribution in [0.5, 0.6) is 0 Å². The highest BCUT2D eigenvalue weighted by molar-refractivity contribution is 6.10. The van der Waals surface area contributed by atoms with Crippen molar-refractivity contribution in [2.24, 2.45) is 10.9 Å². The standard InChI is InChI=1S/C35H24N2O2/c1-2-10-23(11-3-1)26-13-6-8-16-31(26)37(25-19-21-33-29(22-25)28-15-7-9-17-32(28)38-33)35-36-30-20-18-24-12-4-5-14-27(24)34(30)39-35/h1-22,27,34H. The van der Waals surface area contributed by atoms with Gasteiger partial charge in [-0.2, -0.15) is 4.99 Å².